The number of rotatable bonds is 5. The van der Waals surface area contributed by atoms with Crippen LogP contribution in [0.2, 0.25) is 0 Å². The molecule has 0 spiro atoms. The van der Waals surface area contributed by atoms with E-state index in [1.165, 1.54) is 12.4 Å². The molecule has 1 fully saturated rings. The molecule has 7 nitrogen and oxygen atoms in total. The summed E-state index contributed by atoms with van der Waals surface area (Å²) in [6.45, 7) is 0.510. The fourth-order valence-corrected chi connectivity index (χ4v) is 3.13. The Hall–Kier alpha value is -2.88. The van der Waals surface area contributed by atoms with Gasteiger partial charge >= 0.3 is 6.18 Å². The Morgan fingerprint density at radius 3 is 2.93 bits per heavy atom. The predicted molar refractivity (Wildman–Crippen MR) is 97.3 cm³/mol. The highest BCUT2D eigenvalue weighted by Gasteiger charge is 2.28. The van der Waals surface area contributed by atoms with Crippen LogP contribution in [0.25, 0.3) is 17.0 Å². The van der Waals surface area contributed by atoms with E-state index in [0.717, 1.165) is 31.7 Å². The molecule has 0 saturated carbocycles. The van der Waals surface area contributed by atoms with Crippen LogP contribution >= 0.6 is 0 Å². The lowest BCUT2D eigenvalue weighted by molar-refractivity contribution is -0.154. The molecular weight excluding hydrogens is 373 g/mol. The lowest BCUT2D eigenvalue weighted by Gasteiger charge is -2.24. The third-order valence-corrected chi connectivity index (χ3v) is 4.42. The fourth-order valence-electron chi connectivity index (χ4n) is 3.13. The van der Waals surface area contributed by atoms with Gasteiger partial charge in [-0.25, -0.2) is 15.0 Å². The lowest BCUT2D eigenvalue weighted by Crippen LogP contribution is -2.38. The minimum Gasteiger partial charge on any atom is -0.467 e. The van der Waals surface area contributed by atoms with Gasteiger partial charge in [-0.05, 0) is 31.5 Å². The van der Waals surface area contributed by atoms with Gasteiger partial charge in [-0.1, -0.05) is 6.07 Å². The summed E-state index contributed by atoms with van der Waals surface area (Å²) in [4.78, 5) is 12.7. The van der Waals surface area contributed by atoms with Crippen LogP contribution in [0.3, 0.4) is 0 Å². The second-order valence-corrected chi connectivity index (χ2v) is 6.60. The van der Waals surface area contributed by atoms with Gasteiger partial charge in [-0.3, -0.25) is 4.40 Å². The smallest absolute Gasteiger partial charge is 0.422 e. The molecule has 1 atom stereocenters. The molecule has 1 aliphatic rings. The molecule has 4 heterocycles. The predicted octanol–water partition coefficient (Wildman–Crippen LogP) is 2.90. The maximum Gasteiger partial charge on any atom is 0.422 e. The third-order valence-electron chi connectivity index (χ3n) is 4.42. The van der Waals surface area contributed by atoms with Crippen molar-refractivity contribution in [1.82, 2.24) is 24.7 Å². The number of alkyl halides is 3. The first-order valence-corrected chi connectivity index (χ1v) is 8.95. The van der Waals surface area contributed by atoms with E-state index in [4.69, 9.17) is 4.74 Å². The highest BCUT2D eigenvalue weighted by Crippen LogP contribution is 2.23. The normalized spacial score (nSPS) is 17.6. The number of nitrogens with one attached hydrogen (secondary N) is 2. The zero-order valence-corrected chi connectivity index (χ0v) is 14.9. The Morgan fingerprint density at radius 2 is 2.14 bits per heavy atom. The largest absolute Gasteiger partial charge is 0.467 e. The number of halogens is 3. The van der Waals surface area contributed by atoms with Gasteiger partial charge in [0.05, 0.1) is 30.0 Å². The van der Waals surface area contributed by atoms with Crippen LogP contribution in [0.4, 0.5) is 19.0 Å². The Kier molecular flexibility index (Phi) is 5.03. The summed E-state index contributed by atoms with van der Waals surface area (Å²) in [6, 6.07) is 5.90. The van der Waals surface area contributed by atoms with Gasteiger partial charge in [0.2, 0.25) is 5.88 Å². The van der Waals surface area contributed by atoms with Crippen LogP contribution in [-0.2, 0) is 0 Å². The van der Waals surface area contributed by atoms with E-state index in [2.05, 4.69) is 25.6 Å². The average Bonchev–Trinajstić information content (AvgIpc) is 3.10. The van der Waals surface area contributed by atoms with Crippen molar-refractivity contribution in [3.8, 4) is 17.3 Å². The number of piperidine rings is 1. The molecule has 0 aromatic carbocycles. The van der Waals surface area contributed by atoms with E-state index in [1.807, 2.05) is 18.2 Å². The summed E-state index contributed by atoms with van der Waals surface area (Å²) >= 11 is 0. The molecule has 1 aliphatic heterocycles. The zero-order chi connectivity index (χ0) is 19.6. The van der Waals surface area contributed by atoms with Crippen molar-refractivity contribution in [2.24, 2.45) is 0 Å². The molecular formula is C18H19F3N6O. The second kappa shape index (κ2) is 7.63. The van der Waals surface area contributed by atoms with Gasteiger partial charge in [0.1, 0.15) is 5.82 Å². The highest BCUT2D eigenvalue weighted by molar-refractivity contribution is 5.61. The van der Waals surface area contributed by atoms with Crippen molar-refractivity contribution in [2.45, 2.75) is 25.1 Å². The average molecular weight is 392 g/mol. The molecule has 28 heavy (non-hydrogen) atoms. The number of anilines is 1. The van der Waals surface area contributed by atoms with Crippen molar-refractivity contribution in [2.75, 3.05) is 25.0 Å². The fraction of sp³-hybridized carbons (Fsp3) is 0.389. The number of imidazole rings is 1. The first kappa shape index (κ1) is 18.5. The van der Waals surface area contributed by atoms with Crippen molar-refractivity contribution in [3.05, 3.63) is 36.8 Å². The molecule has 2 N–H and O–H groups in total. The van der Waals surface area contributed by atoms with E-state index >= 15 is 0 Å². The highest BCUT2D eigenvalue weighted by atomic mass is 19.4. The summed E-state index contributed by atoms with van der Waals surface area (Å²) < 4.78 is 43.5. The molecule has 0 radical (unpaired) electrons. The Labute approximate surface area is 159 Å². The van der Waals surface area contributed by atoms with Gasteiger partial charge in [0, 0.05) is 12.6 Å². The van der Waals surface area contributed by atoms with Crippen molar-refractivity contribution in [1.29, 1.82) is 0 Å². The third kappa shape index (κ3) is 4.33. The van der Waals surface area contributed by atoms with Crippen LogP contribution in [-0.4, -0.2) is 51.3 Å². The summed E-state index contributed by atoms with van der Waals surface area (Å²) in [6.07, 6.45) is 2.11. The van der Waals surface area contributed by atoms with E-state index in [-0.39, 0.29) is 5.88 Å². The lowest BCUT2D eigenvalue weighted by atomic mass is 10.1. The molecule has 3 aromatic heterocycles. The van der Waals surface area contributed by atoms with Crippen LogP contribution in [0.5, 0.6) is 5.88 Å². The maximum atomic E-state index is 12.4. The summed E-state index contributed by atoms with van der Waals surface area (Å²) in [5.74, 6) is 0.607. The van der Waals surface area contributed by atoms with E-state index in [0.29, 0.717) is 23.1 Å². The molecule has 1 unspecified atom stereocenters. The van der Waals surface area contributed by atoms with E-state index in [9.17, 15) is 13.2 Å². The van der Waals surface area contributed by atoms with Crippen molar-refractivity contribution < 1.29 is 17.9 Å². The monoisotopic (exact) mass is 392 g/mol. The van der Waals surface area contributed by atoms with Crippen molar-refractivity contribution >= 4 is 11.5 Å². The number of pyridine rings is 1. The Morgan fingerprint density at radius 1 is 1.25 bits per heavy atom. The Balaban J connectivity index is 1.58. The molecule has 0 bridgehead atoms. The molecule has 3 aromatic rings. The van der Waals surface area contributed by atoms with Gasteiger partial charge in [-0.15, -0.1) is 0 Å². The number of hydrogen-bond donors (Lipinski definition) is 2. The van der Waals surface area contributed by atoms with E-state index in [1.54, 1.807) is 10.6 Å². The van der Waals surface area contributed by atoms with Gasteiger partial charge in [0.15, 0.2) is 12.3 Å². The van der Waals surface area contributed by atoms with Gasteiger partial charge in [-0.2, -0.15) is 13.2 Å². The van der Waals surface area contributed by atoms with Crippen LogP contribution < -0.4 is 15.4 Å². The summed E-state index contributed by atoms with van der Waals surface area (Å²) in [5.41, 5.74) is 1.78. The molecule has 0 aliphatic carbocycles. The topological polar surface area (TPSA) is 76.4 Å². The summed E-state index contributed by atoms with van der Waals surface area (Å²) in [7, 11) is 0. The standard InChI is InChI=1S/C18H19F3N6O/c19-18(20,21)11-28-17-10-27-14(8-23-16(27)9-24-17)13-4-1-5-15(26-13)25-12-3-2-6-22-7-12/h1,4-5,8-10,12,22H,2-3,6-7,11H2,(H,25,26). The van der Waals surface area contributed by atoms with Crippen LogP contribution in [0.1, 0.15) is 12.8 Å². The minimum absolute atomic E-state index is 0.133. The number of hydrogen-bond acceptors (Lipinski definition) is 6. The minimum atomic E-state index is -4.43. The van der Waals surface area contributed by atoms with Crippen LogP contribution in [0.15, 0.2) is 36.8 Å². The SMILES string of the molecule is FC(F)(F)COc1cn2c(-c3cccc(NC4CCCNC4)n3)cnc2cn1. The number of ether oxygens (including phenoxy) is 1. The van der Waals surface area contributed by atoms with Crippen LogP contribution in [0, 0.1) is 0 Å². The summed E-state index contributed by atoms with van der Waals surface area (Å²) in [5, 5.41) is 6.76. The second-order valence-electron chi connectivity index (χ2n) is 6.60. The molecule has 0 amide bonds. The first-order valence-electron chi connectivity index (χ1n) is 8.95. The van der Waals surface area contributed by atoms with Crippen molar-refractivity contribution in [3.63, 3.8) is 0 Å². The number of aromatic nitrogens is 4. The quantitative estimate of drug-likeness (QED) is 0.695. The molecule has 4 rings (SSSR count). The molecule has 148 valence electrons. The zero-order valence-electron chi connectivity index (χ0n) is 14.9. The number of nitrogens with zero attached hydrogens (tertiary/aromatic N) is 4. The Bertz CT molecular complexity index is 952. The van der Waals surface area contributed by atoms with E-state index < -0.39 is 12.8 Å². The molecule has 10 heteroatoms. The van der Waals surface area contributed by atoms with Gasteiger partial charge in [0.25, 0.3) is 0 Å². The molecule has 1 saturated heterocycles. The number of fused-ring (bicyclic) bond motifs is 1. The maximum absolute atomic E-state index is 12.4. The van der Waals surface area contributed by atoms with Gasteiger partial charge < -0.3 is 15.4 Å². The first-order chi connectivity index (χ1) is 13.5.